The number of benzene rings is 1. The predicted molar refractivity (Wildman–Crippen MR) is 125 cm³/mol. The van der Waals surface area contributed by atoms with Crippen LogP contribution in [0.4, 0.5) is 4.39 Å². The molecule has 0 unspecified atom stereocenters. The first kappa shape index (κ1) is 22.4. The Hall–Kier alpha value is -2.78. The Labute approximate surface area is 198 Å². The van der Waals surface area contributed by atoms with E-state index in [0.29, 0.717) is 39.6 Å². The highest BCUT2D eigenvalue weighted by Gasteiger charge is 2.41. The summed E-state index contributed by atoms with van der Waals surface area (Å²) in [6, 6.07) is 13.6. The monoisotopic (exact) mass is 517 g/mol. The van der Waals surface area contributed by atoms with Crippen LogP contribution < -0.4 is 5.32 Å². The van der Waals surface area contributed by atoms with E-state index in [0.717, 1.165) is 5.69 Å². The molecule has 6 nitrogen and oxygen atoms in total. The average molecular weight is 518 g/mol. The summed E-state index contributed by atoms with van der Waals surface area (Å²) in [4.78, 5) is 18.0. The Bertz CT molecular complexity index is 1120. The van der Waals surface area contributed by atoms with Crippen molar-refractivity contribution >= 4 is 39.2 Å². The van der Waals surface area contributed by atoms with E-state index in [4.69, 9.17) is 21.4 Å². The van der Waals surface area contributed by atoms with E-state index in [1.807, 2.05) is 29.2 Å². The number of thiocarbonyl (C=S) groups is 1. The highest BCUT2D eigenvalue weighted by atomic mass is 79.9. The lowest BCUT2D eigenvalue weighted by Gasteiger charge is -2.25. The molecule has 2 aromatic heterocycles. The van der Waals surface area contributed by atoms with E-state index in [1.54, 1.807) is 24.4 Å². The van der Waals surface area contributed by atoms with Gasteiger partial charge in [-0.2, -0.15) is 0 Å². The lowest BCUT2D eigenvalue weighted by molar-refractivity contribution is -0.140. The van der Waals surface area contributed by atoms with Gasteiger partial charge in [-0.05, 0) is 61.1 Å². The van der Waals surface area contributed by atoms with Crippen molar-refractivity contribution in [3.05, 3.63) is 76.5 Å². The number of esters is 1. The minimum absolute atomic E-state index is 0.254. The Morgan fingerprint density at radius 3 is 2.88 bits per heavy atom. The Morgan fingerprint density at radius 1 is 1.31 bits per heavy atom. The molecule has 0 radical (unpaired) electrons. The number of methoxy groups -OCH3 is 1. The normalized spacial score (nSPS) is 18.0. The summed E-state index contributed by atoms with van der Waals surface area (Å²) in [6.45, 7) is 0.525. The van der Waals surface area contributed by atoms with E-state index in [1.165, 1.54) is 13.2 Å². The van der Waals surface area contributed by atoms with Gasteiger partial charge in [0.25, 0.3) is 0 Å². The first-order chi connectivity index (χ1) is 15.5. The van der Waals surface area contributed by atoms with E-state index in [9.17, 15) is 9.18 Å². The van der Waals surface area contributed by atoms with Crippen molar-refractivity contribution in [1.29, 1.82) is 0 Å². The molecular formula is C23H21BrFN3O3S. The number of carbonyl (C=O) groups excluding carboxylic acids is 1. The molecular weight excluding hydrogens is 497 g/mol. The van der Waals surface area contributed by atoms with Crippen LogP contribution in [0, 0.1) is 5.82 Å². The van der Waals surface area contributed by atoms with Gasteiger partial charge in [0, 0.05) is 23.6 Å². The number of ether oxygens (including phenoxy) is 1. The minimum atomic E-state index is -0.378. The lowest BCUT2D eigenvalue weighted by atomic mass is 10.0. The van der Waals surface area contributed by atoms with Gasteiger partial charge in [-0.25, -0.2) is 4.39 Å². The Balaban J connectivity index is 1.66. The number of nitrogens with zero attached hydrogens (tertiary/aromatic N) is 2. The third-order valence-corrected chi connectivity index (χ3v) is 6.17. The number of aromatic nitrogens is 1. The number of carbonyl (C=O) groups is 1. The molecule has 3 aromatic rings. The van der Waals surface area contributed by atoms with Gasteiger partial charge in [0.05, 0.1) is 24.4 Å². The van der Waals surface area contributed by atoms with Crippen LogP contribution in [0.15, 0.2) is 63.6 Å². The Kier molecular flexibility index (Phi) is 6.86. The third kappa shape index (κ3) is 4.68. The third-order valence-electron chi connectivity index (χ3n) is 5.32. The zero-order valence-electron chi connectivity index (χ0n) is 17.3. The van der Waals surface area contributed by atoms with Crippen molar-refractivity contribution in [2.24, 2.45) is 0 Å². The largest absolute Gasteiger partial charge is 0.469 e. The van der Waals surface area contributed by atoms with Crippen molar-refractivity contribution in [3.8, 4) is 11.3 Å². The summed E-state index contributed by atoms with van der Waals surface area (Å²) >= 11 is 8.88. The van der Waals surface area contributed by atoms with Gasteiger partial charge in [-0.15, -0.1) is 0 Å². The first-order valence-corrected chi connectivity index (χ1v) is 11.3. The summed E-state index contributed by atoms with van der Waals surface area (Å²) in [5.74, 6) is 0.406. The molecule has 1 fully saturated rings. The zero-order chi connectivity index (χ0) is 22.7. The maximum Gasteiger partial charge on any atom is 0.305 e. The van der Waals surface area contributed by atoms with Crippen molar-refractivity contribution < 1.29 is 18.3 Å². The molecule has 0 saturated carbocycles. The quantitative estimate of drug-likeness (QED) is 0.342. The van der Waals surface area contributed by atoms with Crippen LogP contribution in [-0.2, 0) is 9.53 Å². The molecule has 32 heavy (non-hydrogen) atoms. The number of pyridine rings is 1. The highest BCUT2D eigenvalue weighted by Crippen LogP contribution is 2.41. The average Bonchev–Trinajstić information content (AvgIpc) is 3.39. The van der Waals surface area contributed by atoms with Gasteiger partial charge in [0.15, 0.2) is 5.11 Å². The topological polar surface area (TPSA) is 67.6 Å². The summed E-state index contributed by atoms with van der Waals surface area (Å²) in [6.07, 6.45) is 2.57. The fourth-order valence-corrected chi connectivity index (χ4v) is 4.46. The van der Waals surface area contributed by atoms with Crippen LogP contribution >= 0.6 is 28.1 Å². The molecule has 0 amide bonds. The number of halogens is 2. The van der Waals surface area contributed by atoms with E-state index in [2.05, 4.69) is 26.2 Å². The minimum Gasteiger partial charge on any atom is -0.469 e. The van der Waals surface area contributed by atoms with Crippen LogP contribution in [0.2, 0.25) is 0 Å². The Morgan fingerprint density at radius 2 is 2.16 bits per heavy atom. The summed E-state index contributed by atoms with van der Waals surface area (Å²) < 4.78 is 26.0. The van der Waals surface area contributed by atoms with Crippen LogP contribution in [0.5, 0.6) is 0 Å². The van der Waals surface area contributed by atoms with Gasteiger partial charge in [0.1, 0.15) is 23.4 Å². The molecule has 166 valence electrons. The molecule has 1 saturated heterocycles. The van der Waals surface area contributed by atoms with E-state index >= 15 is 0 Å². The molecule has 1 aromatic carbocycles. The van der Waals surface area contributed by atoms with Gasteiger partial charge in [0.2, 0.25) is 0 Å². The first-order valence-electron chi connectivity index (χ1n) is 10.1. The lowest BCUT2D eigenvalue weighted by Crippen LogP contribution is -2.30. The summed E-state index contributed by atoms with van der Waals surface area (Å²) in [5.41, 5.74) is 1.18. The molecule has 2 atom stereocenters. The van der Waals surface area contributed by atoms with Gasteiger partial charge < -0.3 is 19.4 Å². The number of rotatable bonds is 7. The summed E-state index contributed by atoms with van der Waals surface area (Å²) in [7, 11) is 1.37. The van der Waals surface area contributed by atoms with E-state index in [-0.39, 0.29) is 30.3 Å². The van der Waals surface area contributed by atoms with Gasteiger partial charge in [-0.3, -0.25) is 9.78 Å². The van der Waals surface area contributed by atoms with E-state index < -0.39 is 0 Å². The molecule has 4 rings (SSSR count). The number of nitrogens with one attached hydrogen (secondary N) is 1. The number of hydrogen-bond acceptors (Lipinski definition) is 5. The highest BCUT2D eigenvalue weighted by molar-refractivity contribution is 9.10. The van der Waals surface area contributed by atoms with Gasteiger partial charge in [-0.1, -0.05) is 22.0 Å². The molecule has 0 spiro atoms. The SMILES string of the molecule is COC(=O)CCCN1C(=S)N[C@H](c2ccccn2)[C@H]1c1ccc(-c2ccc(Br)cc2F)o1. The molecule has 1 aliphatic rings. The maximum atomic E-state index is 14.5. The van der Waals surface area contributed by atoms with Crippen LogP contribution in [0.1, 0.15) is 36.4 Å². The molecule has 1 aliphatic heterocycles. The standard InChI is InChI=1S/C23H21BrFN3O3S/c1-30-20(29)6-4-12-28-22(21(27-23(28)32)17-5-2-3-11-26-17)19-10-9-18(31-19)15-8-7-14(24)13-16(15)25/h2-3,5,7-11,13,21-22H,4,6,12H2,1H3,(H,27,32)/t21-,22-/m1/s1. The molecule has 9 heteroatoms. The zero-order valence-corrected chi connectivity index (χ0v) is 19.7. The fourth-order valence-electron chi connectivity index (χ4n) is 3.80. The second kappa shape index (κ2) is 9.79. The fraction of sp³-hybridized carbons (Fsp3) is 0.261. The smallest absolute Gasteiger partial charge is 0.305 e. The van der Waals surface area contributed by atoms with Crippen molar-refractivity contribution in [3.63, 3.8) is 0 Å². The molecule has 0 aliphatic carbocycles. The number of hydrogen-bond donors (Lipinski definition) is 1. The molecule has 0 bridgehead atoms. The van der Waals surface area contributed by atoms with Crippen LogP contribution in [0.25, 0.3) is 11.3 Å². The van der Waals surface area contributed by atoms with Crippen LogP contribution in [-0.4, -0.2) is 34.6 Å². The van der Waals surface area contributed by atoms with Gasteiger partial charge >= 0.3 is 5.97 Å². The maximum absolute atomic E-state index is 14.5. The molecule has 1 N–H and O–H groups in total. The van der Waals surface area contributed by atoms with Crippen molar-refractivity contribution in [2.75, 3.05) is 13.7 Å². The second-order valence-electron chi connectivity index (χ2n) is 7.33. The number of furan rings is 1. The van der Waals surface area contributed by atoms with Crippen molar-refractivity contribution in [2.45, 2.75) is 24.9 Å². The predicted octanol–water partition coefficient (Wildman–Crippen LogP) is 5.17. The summed E-state index contributed by atoms with van der Waals surface area (Å²) in [5, 5.41) is 3.87. The molecule has 3 heterocycles. The van der Waals surface area contributed by atoms with Crippen LogP contribution in [0.3, 0.4) is 0 Å². The second-order valence-corrected chi connectivity index (χ2v) is 8.63. The van der Waals surface area contributed by atoms with Crippen molar-refractivity contribution in [1.82, 2.24) is 15.2 Å².